The predicted molar refractivity (Wildman–Crippen MR) is 113 cm³/mol. The van der Waals surface area contributed by atoms with Crippen LogP contribution < -0.4 is 21.1 Å². The third-order valence-electron chi connectivity index (χ3n) is 5.83. The highest BCUT2D eigenvalue weighted by atomic mass is 19.1. The lowest BCUT2D eigenvalue weighted by Gasteiger charge is -2.33. The van der Waals surface area contributed by atoms with Gasteiger partial charge in [0, 0.05) is 19.7 Å². The third-order valence-corrected chi connectivity index (χ3v) is 5.83. The molecule has 3 heterocycles. The van der Waals surface area contributed by atoms with Crippen LogP contribution in [0.1, 0.15) is 35.0 Å². The highest BCUT2D eigenvalue weighted by Gasteiger charge is 2.34. The first-order valence-electron chi connectivity index (χ1n) is 10.1. The number of aromatic nitrogens is 2. The number of carbonyl (C=O) groups excluding carboxylic acids is 2. The molecule has 1 unspecified atom stereocenters. The molecule has 2 amide bonds. The summed E-state index contributed by atoms with van der Waals surface area (Å²) in [5, 5.41) is 4.56. The number of primary amides is 1. The fourth-order valence-electron chi connectivity index (χ4n) is 4.31. The molecule has 0 spiro atoms. The van der Waals surface area contributed by atoms with Crippen molar-refractivity contribution >= 4 is 23.3 Å². The van der Waals surface area contributed by atoms with E-state index >= 15 is 0 Å². The number of fused-ring (bicyclic) bond motifs is 1. The number of hydrogen-bond donors (Lipinski definition) is 2. The molecule has 1 aromatic heterocycles. The molecular formula is C21H25FN6O3. The molecule has 1 fully saturated rings. The second-order valence-corrected chi connectivity index (χ2v) is 7.82. The normalized spacial score (nSPS) is 20.3. The van der Waals surface area contributed by atoms with Gasteiger partial charge in [0.2, 0.25) is 5.91 Å². The topological polar surface area (TPSA) is 120 Å². The molecular weight excluding hydrogens is 403 g/mol. The number of likely N-dealkylation sites (tertiary alicyclic amines) is 1. The minimum Gasteiger partial charge on any atom is -0.480 e. The molecule has 0 saturated carbocycles. The van der Waals surface area contributed by atoms with Gasteiger partial charge in [0.15, 0.2) is 6.10 Å². The van der Waals surface area contributed by atoms with Crippen molar-refractivity contribution in [3.63, 3.8) is 0 Å². The van der Waals surface area contributed by atoms with Gasteiger partial charge in [-0.25, -0.2) is 9.07 Å². The van der Waals surface area contributed by atoms with Crippen molar-refractivity contribution in [2.75, 3.05) is 30.8 Å². The number of likely N-dealkylation sites (N-methyl/N-ethyl adjacent to an activating group) is 1. The first-order valence-corrected chi connectivity index (χ1v) is 10.1. The fourth-order valence-corrected chi connectivity index (χ4v) is 4.31. The zero-order valence-electron chi connectivity index (χ0n) is 17.3. The van der Waals surface area contributed by atoms with Gasteiger partial charge in [-0.05, 0) is 31.1 Å². The maximum atomic E-state index is 13.6. The minimum atomic E-state index is -0.708. The maximum absolute atomic E-state index is 13.6. The van der Waals surface area contributed by atoms with E-state index in [0.717, 1.165) is 12.8 Å². The summed E-state index contributed by atoms with van der Waals surface area (Å²) >= 11 is 0. The van der Waals surface area contributed by atoms with E-state index < -0.39 is 12.0 Å². The molecule has 0 bridgehead atoms. The molecule has 2 aromatic rings. The van der Waals surface area contributed by atoms with Gasteiger partial charge in [0.25, 0.3) is 5.91 Å². The summed E-state index contributed by atoms with van der Waals surface area (Å²) < 4.78 is 21.1. The number of nitrogen functional groups attached to an aromatic ring is 1. The Kier molecular flexibility index (Phi) is 5.30. The molecule has 1 saturated heterocycles. The molecule has 9 nitrogen and oxygen atoms in total. The number of benzene rings is 1. The minimum absolute atomic E-state index is 0.101. The number of rotatable bonds is 5. The summed E-state index contributed by atoms with van der Waals surface area (Å²) in [6.45, 7) is 4.85. The fraction of sp³-hybridized carbons (Fsp3) is 0.381. The number of carbonyl (C=O) groups is 2. The molecule has 31 heavy (non-hydrogen) atoms. The summed E-state index contributed by atoms with van der Waals surface area (Å²) in [7, 11) is 1.80. The van der Waals surface area contributed by atoms with Gasteiger partial charge in [-0.1, -0.05) is 6.58 Å². The Morgan fingerprint density at radius 1 is 1.42 bits per heavy atom. The summed E-state index contributed by atoms with van der Waals surface area (Å²) in [4.78, 5) is 27.9. The highest BCUT2D eigenvalue weighted by Crippen LogP contribution is 2.39. The molecule has 2 atom stereocenters. The van der Waals surface area contributed by atoms with E-state index in [-0.39, 0.29) is 29.1 Å². The summed E-state index contributed by atoms with van der Waals surface area (Å²) in [6.07, 6.45) is 2.33. The van der Waals surface area contributed by atoms with Crippen LogP contribution in [0, 0.1) is 5.82 Å². The van der Waals surface area contributed by atoms with Crippen LogP contribution in [0.15, 0.2) is 30.9 Å². The third kappa shape index (κ3) is 3.69. The molecule has 4 rings (SSSR count). The van der Waals surface area contributed by atoms with Crippen molar-refractivity contribution in [1.82, 2.24) is 14.7 Å². The van der Waals surface area contributed by atoms with Gasteiger partial charge < -0.3 is 26.0 Å². The Balaban J connectivity index is 1.66. The van der Waals surface area contributed by atoms with Crippen LogP contribution in [0.4, 0.5) is 15.9 Å². The molecule has 164 valence electrons. The zero-order valence-corrected chi connectivity index (χ0v) is 17.3. The van der Waals surface area contributed by atoms with Crippen LogP contribution in [-0.4, -0.2) is 52.7 Å². The smallest absolute Gasteiger partial charge is 0.254 e. The monoisotopic (exact) mass is 428 g/mol. The highest BCUT2D eigenvalue weighted by molar-refractivity contribution is 5.98. The van der Waals surface area contributed by atoms with Crippen LogP contribution in [0.3, 0.4) is 0 Å². The number of halogens is 1. The van der Waals surface area contributed by atoms with Gasteiger partial charge in [-0.15, -0.1) is 0 Å². The van der Waals surface area contributed by atoms with Gasteiger partial charge in [0.05, 0.1) is 24.8 Å². The average molecular weight is 428 g/mol. The molecule has 0 aliphatic carbocycles. The van der Waals surface area contributed by atoms with E-state index in [2.05, 4.69) is 11.7 Å². The van der Waals surface area contributed by atoms with Gasteiger partial charge >= 0.3 is 0 Å². The lowest BCUT2D eigenvalue weighted by atomic mass is 10.1. The Morgan fingerprint density at radius 3 is 2.90 bits per heavy atom. The van der Waals surface area contributed by atoms with E-state index in [4.69, 9.17) is 16.2 Å². The van der Waals surface area contributed by atoms with Crippen LogP contribution >= 0.6 is 0 Å². The van der Waals surface area contributed by atoms with Crippen LogP contribution in [0.5, 0.6) is 5.75 Å². The van der Waals surface area contributed by atoms with Crippen molar-refractivity contribution in [3.8, 4) is 5.75 Å². The van der Waals surface area contributed by atoms with Crippen LogP contribution in [-0.2, 0) is 11.3 Å². The van der Waals surface area contributed by atoms with E-state index in [1.165, 1.54) is 29.0 Å². The number of nitrogens with zero attached hydrogens (tertiary/aromatic N) is 4. The number of anilines is 2. The van der Waals surface area contributed by atoms with Crippen molar-refractivity contribution in [1.29, 1.82) is 0 Å². The zero-order chi connectivity index (χ0) is 22.3. The van der Waals surface area contributed by atoms with E-state index in [1.807, 2.05) is 4.90 Å². The quantitative estimate of drug-likeness (QED) is 0.696. The number of hydrogen-bond acceptors (Lipinski definition) is 6. The second-order valence-electron chi connectivity index (χ2n) is 7.82. The molecule has 10 heteroatoms. The first-order chi connectivity index (χ1) is 14.8. The predicted octanol–water partition coefficient (Wildman–Crippen LogP) is 1.45. The molecule has 2 aliphatic heterocycles. The summed E-state index contributed by atoms with van der Waals surface area (Å²) in [6, 6.07) is 4.12. The van der Waals surface area contributed by atoms with Gasteiger partial charge in [-0.2, -0.15) is 5.10 Å². The SMILES string of the molecule is C=CC(=O)N1CCC[C@H]1Cn1nc(C2CN(C)c3cc(F)ccc3O2)c(C(N)=O)c1N. The van der Waals surface area contributed by atoms with E-state index in [1.54, 1.807) is 11.9 Å². The van der Waals surface area contributed by atoms with Crippen molar-refractivity contribution in [2.24, 2.45) is 5.73 Å². The van der Waals surface area contributed by atoms with Crippen LogP contribution in [0.2, 0.25) is 0 Å². The summed E-state index contributed by atoms with van der Waals surface area (Å²) in [5.74, 6) is -0.613. The Morgan fingerprint density at radius 2 is 2.19 bits per heavy atom. The Labute approximate surface area is 179 Å². The molecule has 4 N–H and O–H groups in total. The Bertz CT molecular complexity index is 1050. The Hall–Kier alpha value is -3.56. The summed E-state index contributed by atoms with van der Waals surface area (Å²) in [5.41, 5.74) is 12.9. The van der Waals surface area contributed by atoms with Crippen molar-refractivity contribution < 1.29 is 18.7 Å². The largest absolute Gasteiger partial charge is 0.480 e. The lowest BCUT2D eigenvalue weighted by Crippen LogP contribution is -2.37. The maximum Gasteiger partial charge on any atom is 0.254 e. The van der Waals surface area contributed by atoms with Crippen molar-refractivity contribution in [2.45, 2.75) is 31.5 Å². The van der Waals surface area contributed by atoms with E-state index in [0.29, 0.717) is 36.8 Å². The van der Waals surface area contributed by atoms with E-state index in [9.17, 15) is 14.0 Å². The molecule has 0 radical (unpaired) electrons. The molecule has 2 aliphatic rings. The lowest BCUT2D eigenvalue weighted by molar-refractivity contribution is -0.127. The molecule has 1 aromatic carbocycles. The van der Waals surface area contributed by atoms with Gasteiger partial charge in [-0.3, -0.25) is 9.59 Å². The van der Waals surface area contributed by atoms with Crippen LogP contribution in [0.25, 0.3) is 0 Å². The van der Waals surface area contributed by atoms with Crippen molar-refractivity contribution in [3.05, 3.63) is 47.9 Å². The standard InChI is InChI=1S/C21H25FN6O3/c1-3-17(29)27-8-4-5-13(27)10-28-20(23)18(21(24)30)19(25-28)16-11-26(2)14-9-12(22)6-7-15(14)31-16/h3,6-7,9,13,16H,1,4-5,8,10-11,23H2,2H3,(H2,24,30)/t13-,16?/m0/s1. The van der Waals surface area contributed by atoms with Gasteiger partial charge in [0.1, 0.15) is 28.6 Å². The number of ether oxygens (including phenoxy) is 1. The second kappa shape index (κ2) is 7.93. The first kappa shape index (κ1) is 20.7. The average Bonchev–Trinajstić information content (AvgIpc) is 3.32. The number of nitrogens with two attached hydrogens (primary N) is 2. The number of amides is 2.